The molecular formula is C22H22BrNO6. The topological polar surface area (TPSA) is 82.1 Å². The number of fused-ring (bicyclic) bond motifs is 1. The van der Waals surface area contributed by atoms with E-state index in [0.717, 1.165) is 10.0 Å². The van der Waals surface area contributed by atoms with Crippen LogP contribution in [0.5, 0.6) is 0 Å². The lowest BCUT2D eigenvalue weighted by atomic mass is 9.80. The van der Waals surface area contributed by atoms with E-state index >= 15 is 0 Å². The summed E-state index contributed by atoms with van der Waals surface area (Å²) in [5.41, 5.74) is 2.15. The summed E-state index contributed by atoms with van der Waals surface area (Å²) in [7, 11) is 2.46. The highest BCUT2D eigenvalue weighted by atomic mass is 79.9. The van der Waals surface area contributed by atoms with Crippen LogP contribution in [0, 0.1) is 5.92 Å². The SMILES string of the molecule is COC(=O)C(C(=O)OC)[C@H]1CCN(C(=O)OCc2ccccc2)c2ccc(Br)cc21. The van der Waals surface area contributed by atoms with Gasteiger partial charge in [0.2, 0.25) is 0 Å². The molecule has 1 atom stereocenters. The molecular weight excluding hydrogens is 454 g/mol. The maximum atomic E-state index is 12.8. The van der Waals surface area contributed by atoms with Crippen molar-refractivity contribution in [3.63, 3.8) is 0 Å². The van der Waals surface area contributed by atoms with Gasteiger partial charge in [-0.2, -0.15) is 0 Å². The zero-order chi connectivity index (χ0) is 21.7. The van der Waals surface area contributed by atoms with Crippen LogP contribution in [0.15, 0.2) is 53.0 Å². The maximum Gasteiger partial charge on any atom is 0.414 e. The Bertz CT molecular complexity index is 916. The van der Waals surface area contributed by atoms with Crippen molar-refractivity contribution >= 4 is 39.6 Å². The zero-order valence-electron chi connectivity index (χ0n) is 16.7. The number of nitrogens with zero attached hydrogens (tertiary/aromatic N) is 1. The monoisotopic (exact) mass is 475 g/mol. The first kappa shape index (κ1) is 21.8. The van der Waals surface area contributed by atoms with Crippen molar-refractivity contribution in [3.8, 4) is 0 Å². The van der Waals surface area contributed by atoms with Crippen molar-refractivity contribution < 1.29 is 28.6 Å². The lowest BCUT2D eigenvalue weighted by Gasteiger charge is -2.35. The van der Waals surface area contributed by atoms with Crippen LogP contribution in [0.3, 0.4) is 0 Å². The van der Waals surface area contributed by atoms with Crippen LogP contribution in [-0.4, -0.2) is 38.8 Å². The summed E-state index contributed by atoms with van der Waals surface area (Å²) in [6.07, 6.45) is -0.118. The minimum Gasteiger partial charge on any atom is -0.468 e. The Labute approximate surface area is 183 Å². The van der Waals surface area contributed by atoms with Gasteiger partial charge in [0, 0.05) is 16.9 Å². The molecule has 158 valence electrons. The molecule has 2 aromatic rings. The van der Waals surface area contributed by atoms with E-state index in [4.69, 9.17) is 14.2 Å². The van der Waals surface area contributed by atoms with Crippen LogP contribution >= 0.6 is 15.9 Å². The van der Waals surface area contributed by atoms with Gasteiger partial charge in [0.05, 0.1) is 19.9 Å². The third-order valence-electron chi connectivity index (χ3n) is 5.08. The number of esters is 2. The van der Waals surface area contributed by atoms with Crippen molar-refractivity contribution in [2.45, 2.75) is 18.9 Å². The second-order valence-corrected chi connectivity index (χ2v) is 7.73. The van der Waals surface area contributed by atoms with Crippen LogP contribution in [0.1, 0.15) is 23.5 Å². The number of hydrogen-bond acceptors (Lipinski definition) is 6. The minimum atomic E-state index is -1.12. The fourth-order valence-electron chi connectivity index (χ4n) is 3.62. The first-order chi connectivity index (χ1) is 14.5. The molecule has 2 aromatic carbocycles. The van der Waals surface area contributed by atoms with Gasteiger partial charge in [-0.15, -0.1) is 0 Å². The van der Waals surface area contributed by atoms with E-state index in [1.807, 2.05) is 30.3 Å². The molecule has 0 aliphatic carbocycles. The van der Waals surface area contributed by atoms with E-state index < -0.39 is 29.9 Å². The van der Waals surface area contributed by atoms with Gasteiger partial charge < -0.3 is 14.2 Å². The highest BCUT2D eigenvalue weighted by molar-refractivity contribution is 9.10. The van der Waals surface area contributed by atoms with Crippen LogP contribution in [0.25, 0.3) is 0 Å². The molecule has 0 bridgehead atoms. The molecule has 0 saturated heterocycles. The summed E-state index contributed by atoms with van der Waals surface area (Å²) in [5.74, 6) is -2.94. The van der Waals surface area contributed by atoms with E-state index in [2.05, 4.69) is 15.9 Å². The Morgan fingerprint density at radius 1 is 1.07 bits per heavy atom. The average molecular weight is 476 g/mol. The van der Waals surface area contributed by atoms with E-state index in [-0.39, 0.29) is 13.2 Å². The summed E-state index contributed by atoms with van der Waals surface area (Å²) in [6, 6.07) is 14.8. The largest absolute Gasteiger partial charge is 0.468 e. The number of hydrogen-bond donors (Lipinski definition) is 0. The molecule has 0 radical (unpaired) electrons. The number of halogens is 1. The molecule has 0 fully saturated rings. The lowest BCUT2D eigenvalue weighted by molar-refractivity contribution is -0.160. The molecule has 1 amide bonds. The van der Waals surface area contributed by atoms with Gasteiger partial charge in [0.25, 0.3) is 0 Å². The van der Waals surface area contributed by atoms with Crippen molar-refractivity contribution in [2.24, 2.45) is 5.92 Å². The summed E-state index contributed by atoms with van der Waals surface area (Å²) in [6.45, 7) is 0.440. The van der Waals surface area contributed by atoms with E-state index in [1.165, 1.54) is 19.1 Å². The van der Waals surface area contributed by atoms with Crippen LogP contribution in [-0.2, 0) is 30.4 Å². The summed E-state index contributed by atoms with van der Waals surface area (Å²) in [4.78, 5) is 39.0. The van der Waals surface area contributed by atoms with Crippen LogP contribution < -0.4 is 4.90 Å². The molecule has 1 aliphatic rings. The minimum absolute atomic E-state index is 0.151. The zero-order valence-corrected chi connectivity index (χ0v) is 18.3. The van der Waals surface area contributed by atoms with Crippen molar-refractivity contribution in [1.82, 2.24) is 0 Å². The number of amides is 1. The smallest absolute Gasteiger partial charge is 0.414 e. The normalized spacial score (nSPS) is 15.3. The Morgan fingerprint density at radius 2 is 1.73 bits per heavy atom. The van der Waals surface area contributed by atoms with Gasteiger partial charge in [0.1, 0.15) is 6.61 Å². The Kier molecular flexibility index (Phi) is 7.10. The molecule has 1 aliphatic heterocycles. The quantitative estimate of drug-likeness (QED) is 0.368. The Balaban J connectivity index is 1.88. The van der Waals surface area contributed by atoms with Crippen LogP contribution in [0.2, 0.25) is 0 Å². The summed E-state index contributed by atoms with van der Waals surface area (Å²) < 4.78 is 15.9. The standard InChI is InChI=1S/C22H22BrNO6/c1-28-20(25)19(21(26)29-2)16-10-11-24(18-9-8-15(23)12-17(16)18)22(27)30-13-14-6-4-3-5-7-14/h3-9,12,16,19H,10-11,13H2,1-2H3/t16-/m0/s1. The molecule has 8 heteroatoms. The van der Waals surface area contributed by atoms with Gasteiger partial charge in [-0.05, 0) is 35.7 Å². The molecule has 0 spiro atoms. The second kappa shape index (κ2) is 9.75. The van der Waals surface area contributed by atoms with Crippen molar-refractivity contribution in [1.29, 1.82) is 0 Å². The van der Waals surface area contributed by atoms with Gasteiger partial charge in [-0.25, -0.2) is 4.79 Å². The lowest BCUT2D eigenvalue weighted by Crippen LogP contribution is -2.41. The van der Waals surface area contributed by atoms with Gasteiger partial charge in [0.15, 0.2) is 5.92 Å². The van der Waals surface area contributed by atoms with Crippen molar-refractivity contribution in [3.05, 3.63) is 64.1 Å². The van der Waals surface area contributed by atoms with E-state index in [1.54, 1.807) is 18.2 Å². The van der Waals surface area contributed by atoms with Gasteiger partial charge in [-0.1, -0.05) is 46.3 Å². The Morgan fingerprint density at radius 3 is 2.37 bits per heavy atom. The number of methoxy groups -OCH3 is 2. The number of carbonyl (C=O) groups is 3. The predicted molar refractivity (Wildman–Crippen MR) is 113 cm³/mol. The first-order valence-corrected chi connectivity index (χ1v) is 10.2. The van der Waals surface area contributed by atoms with E-state index in [9.17, 15) is 14.4 Å². The van der Waals surface area contributed by atoms with Crippen LogP contribution in [0.4, 0.5) is 10.5 Å². The van der Waals surface area contributed by atoms with Gasteiger partial charge in [-0.3, -0.25) is 14.5 Å². The number of benzene rings is 2. The molecule has 0 unspecified atom stereocenters. The fourth-order valence-corrected chi connectivity index (χ4v) is 4.00. The number of rotatable bonds is 5. The third kappa shape index (κ3) is 4.64. The predicted octanol–water partition coefficient (Wildman–Crippen LogP) is 4.04. The Hall–Kier alpha value is -2.87. The number of anilines is 1. The highest BCUT2D eigenvalue weighted by Gasteiger charge is 2.42. The highest BCUT2D eigenvalue weighted by Crippen LogP contribution is 2.42. The first-order valence-electron chi connectivity index (χ1n) is 9.39. The van der Waals surface area contributed by atoms with E-state index in [0.29, 0.717) is 17.7 Å². The average Bonchev–Trinajstić information content (AvgIpc) is 2.77. The molecule has 1 heterocycles. The number of carbonyl (C=O) groups excluding carboxylic acids is 3. The summed E-state index contributed by atoms with van der Waals surface area (Å²) in [5, 5.41) is 0. The summed E-state index contributed by atoms with van der Waals surface area (Å²) >= 11 is 3.43. The molecule has 0 aromatic heterocycles. The van der Waals surface area contributed by atoms with Gasteiger partial charge >= 0.3 is 18.0 Å². The fraction of sp³-hybridized carbons (Fsp3) is 0.318. The molecule has 3 rings (SSSR count). The molecule has 0 saturated carbocycles. The second-order valence-electron chi connectivity index (χ2n) is 6.81. The molecule has 0 N–H and O–H groups in total. The van der Waals surface area contributed by atoms with Crippen molar-refractivity contribution in [2.75, 3.05) is 25.7 Å². The maximum absolute atomic E-state index is 12.8. The number of ether oxygens (including phenoxy) is 3. The molecule has 7 nitrogen and oxygen atoms in total. The third-order valence-corrected chi connectivity index (χ3v) is 5.57. The molecule has 30 heavy (non-hydrogen) atoms.